The lowest BCUT2D eigenvalue weighted by Crippen LogP contribution is -2.39. The van der Waals surface area contributed by atoms with Crippen molar-refractivity contribution in [2.24, 2.45) is 0 Å². The van der Waals surface area contributed by atoms with Crippen molar-refractivity contribution in [1.82, 2.24) is 14.9 Å². The molecule has 5 nitrogen and oxygen atoms in total. The third-order valence-corrected chi connectivity index (χ3v) is 4.24. The second-order valence-electron chi connectivity index (χ2n) is 6.12. The summed E-state index contributed by atoms with van der Waals surface area (Å²) < 4.78 is 7.75. The maximum atomic E-state index is 12.6. The molecule has 0 aliphatic heterocycles. The Labute approximate surface area is 153 Å². The van der Waals surface area contributed by atoms with Crippen LogP contribution in [0.2, 0.25) is 0 Å². The predicted octanol–water partition coefficient (Wildman–Crippen LogP) is 3.91. The van der Waals surface area contributed by atoms with Gasteiger partial charge in [-0.25, -0.2) is 4.98 Å². The molecule has 0 saturated heterocycles. The zero-order valence-corrected chi connectivity index (χ0v) is 15.0. The standard InChI is InChI=1S/C21H23N3O2/c1-3-20(26-19-7-5-4-6-8-19)21(25)23-16(2)17-9-11-18(12-10-17)24-14-13-22-15-24/h4-16,20H,3H2,1-2H3,(H,23,25). The normalized spacial score (nSPS) is 13.0. The molecule has 0 spiro atoms. The summed E-state index contributed by atoms with van der Waals surface area (Å²) in [5, 5.41) is 3.04. The number of imidazole rings is 1. The van der Waals surface area contributed by atoms with Gasteiger partial charge in [-0.05, 0) is 43.2 Å². The minimum absolute atomic E-state index is 0.104. The van der Waals surface area contributed by atoms with Gasteiger partial charge in [0, 0.05) is 18.1 Å². The summed E-state index contributed by atoms with van der Waals surface area (Å²) in [5.74, 6) is 0.592. The Hall–Kier alpha value is -3.08. The fourth-order valence-corrected chi connectivity index (χ4v) is 2.72. The van der Waals surface area contributed by atoms with Gasteiger partial charge in [-0.3, -0.25) is 4.79 Å². The van der Waals surface area contributed by atoms with Crippen molar-refractivity contribution < 1.29 is 9.53 Å². The topological polar surface area (TPSA) is 56.1 Å². The molecule has 26 heavy (non-hydrogen) atoms. The van der Waals surface area contributed by atoms with Gasteiger partial charge in [-0.15, -0.1) is 0 Å². The maximum absolute atomic E-state index is 12.6. The summed E-state index contributed by atoms with van der Waals surface area (Å²) >= 11 is 0. The van der Waals surface area contributed by atoms with E-state index in [1.54, 1.807) is 12.5 Å². The monoisotopic (exact) mass is 349 g/mol. The van der Waals surface area contributed by atoms with Crippen molar-refractivity contribution >= 4 is 5.91 Å². The fourth-order valence-electron chi connectivity index (χ4n) is 2.72. The minimum atomic E-state index is -0.509. The second-order valence-corrected chi connectivity index (χ2v) is 6.12. The summed E-state index contributed by atoms with van der Waals surface area (Å²) in [5.41, 5.74) is 2.07. The first-order valence-electron chi connectivity index (χ1n) is 8.77. The van der Waals surface area contributed by atoms with Gasteiger partial charge in [0.2, 0.25) is 0 Å². The summed E-state index contributed by atoms with van der Waals surface area (Å²) in [6.45, 7) is 3.91. The molecule has 1 N–H and O–H groups in total. The molecule has 2 unspecified atom stereocenters. The molecule has 3 rings (SSSR count). The highest BCUT2D eigenvalue weighted by atomic mass is 16.5. The molecular weight excluding hydrogens is 326 g/mol. The predicted molar refractivity (Wildman–Crippen MR) is 101 cm³/mol. The third-order valence-electron chi connectivity index (χ3n) is 4.24. The third kappa shape index (κ3) is 4.30. The van der Waals surface area contributed by atoms with Crippen molar-refractivity contribution in [2.45, 2.75) is 32.4 Å². The molecule has 2 aromatic carbocycles. The van der Waals surface area contributed by atoms with Crippen LogP contribution in [0.5, 0.6) is 5.75 Å². The number of nitrogens with zero attached hydrogens (tertiary/aromatic N) is 2. The molecule has 5 heteroatoms. The van der Waals surface area contributed by atoms with Crippen LogP contribution in [-0.4, -0.2) is 21.6 Å². The molecule has 0 aliphatic carbocycles. The number of hydrogen-bond donors (Lipinski definition) is 1. The van der Waals surface area contributed by atoms with Crippen molar-refractivity contribution in [3.8, 4) is 11.4 Å². The number of carbonyl (C=O) groups excluding carboxylic acids is 1. The molecule has 0 radical (unpaired) electrons. The van der Waals surface area contributed by atoms with Crippen LogP contribution in [-0.2, 0) is 4.79 Å². The highest BCUT2D eigenvalue weighted by Gasteiger charge is 2.20. The molecule has 0 aliphatic rings. The van der Waals surface area contributed by atoms with E-state index in [0.29, 0.717) is 12.2 Å². The fraction of sp³-hybridized carbons (Fsp3) is 0.238. The molecule has 0 fully saturated rings. The maximum Gasteiger partial charge on any atom is 0.261 e. The molecule has 0 bridgehead atoms. The van der Waals surface area contributed by atoms with E-state index >= 15 is 0 Å². The first kappa shape index (κ1) is 17.7. The lowest BCUT2D eigenvalue weighted by molar-refractivity contribution is -0.128. The van der Waals surface area contributed by atoms with E-state index in [0.717, 1.165) is 11.3 Å². The zero-order chi connectivity index (χ0) is 18.4. The van der Waals surface area contributed by atoms with Crippen molar-refractivity contribution in [3.05, 3.63) is 78.9 Å². The lowest BCUT2D eigenvalue weighted by Gasteiger charge is -2.21. The summed E-state index contributed by atoms with van der Waals surface area (Å²) in [6.07, 6.45) is 5.49. The van der Waals surface area contributed by atoms with Gasteiger partial charge >= 0.3 is 0 Å². The number of nitrogens with one attached hydrogen (secondary N) is 1. The number of carbonyl (C=O) groups is 1. The van der Waals surface area contributed by atoms with E-state index in [2.05, 4.69) is 10.3 Å². The molecular formula is C21H23N3O2. The van der Waals surface area contributed by atoms with Gasteiger partial charge in [0.05, 0.1) is 12.4 Å². The van der Waals surface area contributed by atoms with E-state index in [1.807, 2.05) is 79.2 Å². The largest absolute Gasteiger partial charge is 0.481 e. The van der Waals surface area contributed by atoms with Gasteiger partial charge in [0.15, 0.2) is 6.10 Å². The Kier molecular flexibility index (Phi) is 5.69. The highest BCUT2D eigenvalue weighted by molar-refractivity contribution is 5.81. The van der Waals surface area contributed by atoms with E-state index in [1.165, 1.54) is 0 Å². The first-order chi connectivity index (χ1) is 12.7. The van der Waals surface area contributed by atoms with E-state index in [4.69, 9.17) is 4.74 Å². The van der Waals surface area contributed by atoms with Crippen LogP contribution in [0.4, 0.5) is 0 Å². The smallest absolute Gasteiger partial charge is 0.261 e. The summed E-state index contributed by atoms with van der Waals surface area (Å²) in [6, 6.07) is 17.4. The zero-order valence-electron chi connectivity index (χ0n) is 15.0. The van der Waals surface area contributed by atoms with Crippen LogP contribution < -0.4 is 10.1 Å². The molecule has 134 valence electrons. The van der Waals surface area contributed by atoms with Crippen LogP contribution in [0.15, 0.2) is 73.3 Å². The number of para-hydroxylation sites is 1. The summed E-state index contributed by atoms with van der Waals surface area (Å²) in [4.78, 5) is 16.6. The minimum Gasteiger partial charge on any atom is -0.481 e. The summed E-state index contributed by atoms with van der Waals surface area (Å²) in [7, 11) is 0. The molecule has 1 aromatic heterocycles. The number of hydrogen-bond acceptors (Lipinski definition) is 3. The van der Waals surface area contributed by atoms with Crippen LogP contribution in [0.3, 0.4) is 0 Å². The van der Waals surface area contributed by atoms with E-state index in [-0.39, 0.29) is 11.9 Å². The van der Waals surface area contributed by atoms with E-state index in [9.17, 15) is 4.79 Å². The van der Waals surface area contributed by atoms with Crippen LogP contribution in [0.25, 0.3) is 5.69 Å². The lowest BCUT2D eigenvalue weighted by atomic mass is 10.1. The first-order valence-corrected chi connectivity index (χ1v) is 8.77. The Morgan fingerprint density at radius 2 is 1.88 bits per heavy atom. The van der Waals surface area contributed by atoms with Crippen molar-refractivity contribution in [1.29, 1.82) is 0 Å². The van der Waals surface area contributed by atoms with Crippen LogP contribution >= 0.6 is 0 Å². The molecule has 2 atom stereocenters. The van der Waals surface area contributed by atoms with Crippen LogP contribution in [0, 0.1) is 0 Å². The Morgan fingerprint density at radius 3 is 2.50 bits per heavy atom. The van der Waals surface area contributed by atoms with Gasteiger partial charge in [-0.1, -0.05) is 37.3 Å². The van der Waals surface area contributed by atoms with Gasteiger partial charge in [-0.2, -0.15) is 0 Å². The quantitative estimate of drug-likeness (QED) is 0.704. The molecule has 0 saturated carbocycles. The van der Waals surface area contributed by atoms with Crippen molar-refractivity contribution in [3.63, 3.8) is 0 Å². The Balaban J connectivity index is 1.62. The SMILES string of the molecule is CCC(Oc1ccccc1)C(=O)NC(C)c1ccc(-n2ccnc2)cc1. The van der Waals surface area contributed by atoms with E-state index < -0.39 is 6.10 Å². The van der Waals surface area contributed by atoms with Crippen LogP contribution in [0.1, 0.15) is 31.9 Å². The Bertz CT molecular complexity index is 814. The molecule has 1 amide bonds. The second kappa shape index (κ2) is 8.34. The number of benzene rings is 2. The Morgan fingerprint density at radius 1 is 1.15 bits per heavy atom. The number of amides is 1. The molecule has 1 heterocycles. The van der Waals surface area contributed by atoms with Gasteiger partial charge in [0.25, 0.3) is 5.91 Å². The number of rotatable bonds is 7. The highest BCUT2D eigenvalue weighted by Crippen LogP contribution is 2.17. The average molecular weight is 349 g/mol. The number of ether oxygens (including phenoxy) is 1. The molecule has 3 aromatic rings. The average Bonchev–Trinajstić information content (AvgIpc) is 3.21. The van der Waals surface area contributed by atoms with Gasteiger partial charge in [0.1, 0.15) is 5.75 Å². The van der Waals surface area contributed by atoms with Crippen molar-refractivity contribution in [2.75, 3.05) is 0 Å². The van der Waals surface area contributed by atoms with Gasteiger partial charge < -0.3 is 14.6 Å². The number of aromatic nitrogens is 2.